The molecule has 3 rings (SSSR count). The highest BCUT2D eigenvalue weighted by Crippen LogP contribution is 2.31. The van der Waals surface area contributed by atoms with Gasteiger partial charge in [-0.1, -0.05) is 6.08 Å². The van der Waals surface area contributed by atoms with Gasteiger partial charge in [0.05, 0.1) is 31.2 Å². The van der Waals surface area contributed by atoms with Crippen molar-refractivity contribution >= 4 is 23.6 Å². The number of likely N-dealkylation sites (tertiary alicyclic amines) is 1. The predicted molar refractivity (Wildman–Crippen MR) is 93.0 cm³/mol. The van der Waals surface area contributed by atoms with Gasteiger partial charge in [-0.3, -0.25) is 9.59 Å². The van der Waals surface area contributed by atoms with Crippen LogP contribution in [0.25, 0.3) is 0 Å². The third-order valence-electron chi connectivity index (χ3n) is 5.07. The van der Waals surface area contributed by atoms with Gasteiger partial charge in [0.25, 0.3) is 0 Å². The van der Waals surface area contributed by atoms with E-state index in [-0.39, 0.29) is 17.4 Å². The second kappa shape index (κ2) is 7.89. The molecule has 0 aliphatic carbocycles. The summed E-state index contributed by atoms with van der Waals surface area (Å²) in [5.41, 5.74) is 0.603. The van der Waals surface area contributed by atoms with Crippen molar-refractivity contribution in [3.63, 3.8) is 0 Å². The van der Waals surface area contributed by atoms with Gasteiger partial charge in [-0.15, -0.1) is 0 Å². The van der Waals surface area contributed by atoms with Gasteiger partial charge < -0.3 is 19.3 Å². The van der Waals surface area contributed by atoms with Gasteiger partial charge >= 0.3 is 0 Å². The van der Waals surface area contributed by atoms with Crippen molar-refractivity contribution in [1.29, 1.82) is 0 Å². The van der Waals surface area contributed by atoms with Crippen LogP contribution in [0.1, 0.15) is 19.3 Å². The van der Waals surface area contributed by atoms with Crippen LogP contribution in [0, 0.1) is 0 Å². The highest BCUT2D eigenvalue weighted by Gasteiger charge is 2.41. The molecule has 0 saturated carbocycles. The minimum absolute atomic E-state index is 0.138. The first kappa shape index (κ1) is 17.8. The van der Waals surface area contributed by atoms with Gasteiger partial charge in [0.1, 0.15) is 0 Å². The summed E-state index contributed by atoms with van der Waals surface area (Å²) in [4.78, 5) is 28.6. The number of carbonyl (C=O) groups is 2. The lowest BCUT2D eigenvalue weighted by Crippen LogP contribution is -2.59. The Kier molecular flexibility index (Phi) is 5.84. The first-order valence-corrected chi connectivity index (χ1v) is 10.00. The summed E-state index contributed by atoms with van der Waals surface area (Å²) in [7, 11) is 0. The van der Waals surface area contributed by atoms with Crippen LogP contribution in [0.2, 0.25) is 0 Å². The summed E-state index contributed by atoms with van der Waals surface area (Å²) < 4.78 is 11.3. The molecular formula is C17H26N2O4S. The lowest BCUT2D eigenvalue weighted by atomic mass is 9.89. The number of rotatable bonds is 3. The molecule has 2 saturated heterocycles. The Labute approximate surface area is 147 Å². The lowest BCUT2D eigenvalue weighted by molar-refractivity contribution is -0.160. The van der Waals surface area contributed by atoms with E-state index in [1.165, 1.54) is 0 Å². The Morgan fingerprint density at radius 2 is 2.00 bits per heavy atom. The van der Waals surface area contributed by atoms with Gasteiger partial charge in [-0.2, -0.15) is 11.8 Å². The molecule has 2 fully saturated rings. The summed E-state index contributed by atoms with van der Waals surface area (Å²) in [5, 5.41) is 0. The molecular weight excluding hydrogens is 328 g/mol. The van der Waals surface area contributed by atoms with Crippen LogP contribution in [0.15, 0.2) is 11.6 Å². The van der Waals surface area contributed by atoms with Crippen LogP contribution in [-0.2, 0) is 19.1 Å². The topological polar surface area (TPSA) is 59.1 Å². The first-order chi connectivity index (χ1) is 11.6. The third kappa shape index (κ3) is 3.95. The van der Waals surface area contributed by atoms with E-state index in [1.54, 1.807) is 11.8 Å². The van der Waals surface area contributed by atoms with E-state index in [0.717, 1.165) is 18.4 Å². The molecule has 3 aliphatic heterocycles. The van der Waals surface area contributed by atoms with Crippen LogP contribution >= 0.6 is 11.8 Å². The van der Waals surface area contributed by atoms with E-state index < -0.39 is 0 Å². The largest absolute Gasteiger partial charge is 0.377 e. The maximum Gasteiger partial charge on any atom is 0.249 e. The van der Waals surface area contributed by atoms with Crippen molar-refractivity contribution < 1.29 is 19.1 Å². The van der Waals surface area contributed by atoms with Crippen molar-refractivity contribution in [3.8, 4) is 0 Å². The molecule has 3 aliphatic rings. The number of ether oxygens (including phenoxy) is 2. The zero-order valence-electron chi connectivity index (χ0n) is 14.3. The number of hydrogen-bond donors (Lipinski definition) is 0. The molecule has 1 spiro atoms. The zero-order valence-corrected chi connectivity index (χ0v) is 15.1. The van der Waals surface area contributed by atoms with E-state index in [9.17, 15) is 9.59 Å². The number of morpholine rings is 1. The van der Waals surface area contributed by atoms with Gasteiger partial charge in [0.15, 0.2) is 0 Å². The molecule has 0 N–H and O–H groups in total. The number of carbonyl (C=O) groups excluding carboxylic acids is 2. The molecule has 0 aromatic rings. The van der Waals surface area contributed by atoms with Gasteiger partial charge in [-0.25, -0.2) is 0 Å². The maximum atomic E-state index is 12.6. The van der Waals surface area contributed by atoms with Crippen molar-refractivity contribution in [1.82, 2.24) is 9.80 Å². The third-order valence-corrected chi connectivity index (χ3v) is 5.60. The fraction of sp³-hybridized carbons (Fsp3) is 0.765. The smallest absolute Gasteiger partial charge is 0.249 e. The molecule has 0 radical (unpaired) electrons. The Balaban J connectivity index is 1.56. The van der Waals surface area contributed by atoms with Crippen molar-refractivity contribution in [2.24, 2.45) is 0 Å². The molecule has 0 bridgehead atoms. The van der Waals surface area contributed by atoms with E-state index in [1.807, 2.05) is 22.1 Å². The van der Waals surface area contributed by atoms with Crippen molar-refractivity contribution in [2.45, 2.75) is 24.9 Å². The monoisotopic (exact) mass is 354 g/mol. The second-order valence-electron chi connectivity index (χ2n) is 6.63. The van der Waals surface area contributed by atoms with Gasteiger partial charge in [0.2, 0.25) is 11.8 Å². The Morgan fingerprint density at radius 3 is 2.67 bits per heavy atom. The molecule has 6 nitrogen and oxygen atoms in total. The van der Waals surface area contributed by atoms with Crippen LogP contribution in [0.4, 0.5) is 0 Å². The summed E-state index contributed by atoms with van der Waals surface area (Å²) >= 11 is 1.56. The normalized spacial score (nSPS) is 24.0. The first-order valence-electron chi connectivity index (χ1n) is 8.60. The van der Waals surface area contributed by atoms with E-state index in [0.29, 0.717) is 58.2 Å². The van der Waals surface area contributed by atoms with E-state index in [2.05, 4.69) is 0 Å². The number of thioether (sulfide) groups is 1. The highest BCUT2D eigenvalue weighted by molar-refractivity contribution is 7.99. The fourth-order valence-corrected chi connectivity index (χ4v) is 4.05. The average Bonchev–Trinajstić information content (AvgIpc) is 2.63. The molecule has 2 amide bonds. The number of piperidine rings is 1. The second-order valence-corrected chi connectivity index (χ2v) is 7.49. The van der Waals surface area contributed by atoms with Crippen molar-refractivity contribution in [2.75, 3.05) is 58.0 Å². The number of hydrogen-bond acceptors (Lipinski definition) is 5. The quantitative estimate of drug-likeness (QED) is 0.754. The Bertz CT molecular complexity index is 515. The Morgan fingerprint density at radius 1 is 1.21 bits per heavy atom. The van der Waals surface area contributed by atoms with E-state index >= 15 is 0 Å². The standard InChI is InChI=1S/C17H26N2O4S/c1-24-12-15(20)19-8-11-23-17(13-19)4-6-18(7-5-17)16(21)14-2-9-22-10-3-14/h2H,3-13H2,1H3. The molecule has 24 heavy (non-hydrogen) atoms. The van der Waals surface area contributed by atoms with Crippen LogP contribution < -0.4 is 0 Å². The minimum Gasteiger partial charge on any atom is -0.377 e. The molecule has 134 valence electrons. The average molecular weight is 354 g/mol. The summed E-state index contributed by atoms with van der Waals surface area (Å²) in [6.45, 7) is 4.49. The molecule has 7 heteroatoms. The van der Waals surface area contributed by atoms with Crippen molar-refractivity contribution in [3.05, 3.63) is 11.6 Å². The molecule has 0 aromatic heterocycles. The molecule has 0 atom stereocenters. The highest BCUT2D eigenvalue weighted by atomic mass is 32.2. The van der Waals surface area contributed by atoms with E-state index in [4.69, 9.17) is 9.47 Å². The molecule has 0 unspecified atom stereocenters. The molecule has 3 heterocycles. The fourth-order valence-electron chi connectivity index (χ4n) is 3.62. The van der Waals surface area contributed by atoms with Crippen LogP contribution in [0.3, 0.4) is 0 Å². The summed E-state index contributed by atoms with van der Waals surface area (Å²) in [6.07, 6.45) is 6.14. The summed E-state index contributed by atoms with van der Waals surface area (Å²) in [5.74, 6) is 0.854. The Hall–Kier alpha value is -1.05. The zero-order chi connectivity index (χ0) is 17.0. The van der Waals surface area contributed by atoms with Gasteiger partial charge in [0, 0.05) is 38.2 Å². The number of nitrogens with zero attached hydrogens (tertiary/aromatic N) is 2. The van der Waals surface area contributed by atoms with Crippen LogP contribution in [0.5, 0.6) is 0 Å². The van der Waals surface area contributed by atoms with Gasteiger partial charge in [-0.05, 0) is 19.1 Å². The SMILES string of the molecule is CSCC(=O)N1CCOC2(CCN(C(=O)C3=CCOCC3)CC2)C1. The molecule has 0 aromatic carbocycles. The predicted octanol–water partition coefficient (Wildman–Crippen LogP) is 0.916. The summed E-state index contributed by atoms with van der Waals surface area (Å²) in [6, 6.07) is 0. The lowest BCUT2D eigenvalue weighted by Gasteiger charge is -2.47. The minimum atomic E-state index is -0.271. The maximum absolute atomic E-state index is 12.6. The number of amides is 2. The van der Waals surface area contributed by atoms with Crippen LogP contribution in [-0.4, -0.2) is 85.2 Å².